The average molecular weight is 248 g/mol. The van der Waals surface area contributed by atoms with Crippen LogP contribution in [-0.2, 0) is 4.79 Å². The van der Waals surface area contributed by atoms with Gasteiger partial charge in [-0.3, -0.25) is 9.69 Å². The molecule has 0 spiro atoms. The minimum Gasteiger partial charge on any atom is -0.324 e. The molecule has 0 atom stereocenters. The molecule has 3 heteroatoms. The van der Waals surface area contributed by atoms with E-state index in [-0.39, 0.29) is 5.91 Å². The van der Waals surface area contributed by atoms with Crippen LogP contribution in [0.4, 0.5) is 5.69 Å². The second-order valence-electron chi connectivity index (χ2n) is 5.07. The highest BCUT2D eigenvalue weighted by molar-refractivity contribution is 5.93. The van der Waals surface area contributed by atoms with Crippen molar-refractivity contribution in [2.45, 2.75) is 33.6 Å². The number of benzene rings is 1. The molecule has 1 rings (SSSR count). The molecule has 0 unspecified atom stereocenters. The van der Waals surface area contributed by atoms with Gasteiger partial charge in [-0.2, -0.15) is 0 Å². The van der Waals surface area contributed by atoms with Crippen LogP contribution < -0.4 is 5.32 Å². The number of para-hydroxylation sites is 1. The lowest BCUT2D eigenvalue weighted by molar-refractivity contribution is -0.117. The summed E-state index contributed by atoms with van der Waals surface area (Å²) in [6, 6.07) is 6.15. The van der Waals surface area contributed by atoms with Crippen LogP contribution in [0.3, 0.4) is 0 Å². The molecular formula is C15H24N2O. The first-order valence-electron chi connectivity index (χ1n) is 6.53. The number of nitrogens with zero attached hydrogens (tertiary/aromatic N) is 1. The molecule has 0 aliphatic rings. The number of likely N-dealkylation sites (N-methyl/N-ethyl adjacent to an activating group) is 1. The fourth-order valence-electron chi connectivity index (χ4n) is 1.88. The standard InChI is InChI=1S/C15H24N2O/c1-6-17(5)10-14(18)16-15-12(4)8-7-9-13(15)11(2)3/h7-9,11H,6,10H2,1-5H3,(H,16,18). The van der Waals surface area contributed by atoms with Crippen LogP contribution in [0.15, 0.2) is 18.2 Å². The Morgan fingerprint density at radius 2 is 2.06 bits per heavy atom. The molecule has 1 N–H and O–H groups in total. The summed E-state index contributed by atoms with van der Waals surface area (Å²) in [6.07, 6.45) is 0. The van der Waals surface area contributed by atoms with E-state index in [4.69, 9.17) is 0 Å². The van der Waals surface area contributed by atoms with Crippen molar-refractivity contribution in [2.24, 2.45) is 0 Å². The van der Waals surface area contributed by atoms with E-state index in [0.29, 0.717) is 12.5 Å². The number of hydrogen-bond donors (Lipinski definition) is 1. The van der Waals surface area contributed by atoms with Gasteiger partial charge in [0.05, 0.1) is 6.54 Å². The number of hydrogen-bond acceptors (Lipinski definition) is 2. The summed E-state index contributed by atoms with van der Waals surface area (Å²) in [6.45, 7) is 9.66. The monoisotopic (exact) mass is 248 g/mol. The van der Waals surface area contributed by atoms with Gasteiger partial charge in [0.1, 0.15) is 0 Å². The average Bonchev–Trinajstić information content (AvgIpc) is 2.31. The summed E-state index contributed by atoms with van der Waals surface area (Å²) < 4.78 is 0. The van der Waals surface area contributed by atoms with E-state index in [9.17, 15) is 4.79 Å². The lowest BCUT2D eigenvalue weighted by Crippen LogP contribution is -2.30. The molecule has 18 heavy (non-hydrogen) atoms. The van der Waals surface area contributed by atoms with Gasteiger partial charge in [0, 0.05) is 5.69 Å². The molecule has 0 fully saturated rings. The second-order valence-corrected chi connectivity index (χ2v) is 5.07. The van der Waals surface area contributed by atoms with Gasteiger partial charge in [-0.25, -0.2) is 0 Å². The zero-order valence-electron chi connectivity index (χ0n) is 12.1. The largest absolute Gasteiger partial charge is 0.324 e. The highest BCUT2D eigenvalue weighted by Gasteiger charge is 2.12. The molecule has 0 aliphatic heterocycles. The van der Waals surface area contributed by atoms with Crippen LogP contribution in [0.2, 0.25) is 0 Å². The second kappa shape index (κ2) is 6.55. The van der Waals surface area contributed by atoms with Crippen molar-refractivity contribution in [1.29, 1.82) is 0 Å². The third-order valence-corrected chi connectivity index (χ3v) is 3.14. The van der Waals surface area contributed by atoms with Gasteiger partial charge in [0.25, 0.3) is 0 Å². The topological polar surface area (TPSA) is 32.3 Å². The Kier molecular flexibility index (Phi) is 5.35. The van der Waals surface area contributed by atoms with Crippen LogP contribution >= 0.6 is 0 Å². The van der Waals surface area contributed by atoms with E-state index in [1.807, 2.05) is 37.9 Å². The van der Waals surface area contributed by atoms with Crippen LogP contribution in [0.25, 0.3) is 0 Å². The van der Waals surface area contributed by atoms with E-state index in [1.165, 1.54) is 5.56 Å². The number of amides is 1. The number of anilines is 1. The van der Waals surface area contributed by atoms with Crippen LogP contribution in [0.5, 0.6) is 0 Å². The van der Waals surface area contributed by atoms with Gasteiger partial charge in [-0.05, 0) is 37.6 Å². The minimum absolute atomic E-state index is 0.0514. The first-order chi connectivity index (χ1) is 8.45. The molecule has 0 heterocycles. The molecule has 0 radical (unpaired) electrons. The molecule has 0 aromatic heterocycles. The maximum Gasteiger partial charge on any atom is 0.238 e. The van der Waals surface area contributed by atoms with Gasteiger partial charge >= 0.3 is 0 Å². The first kappa shape index (κ1) is 14.7. The summed E-state index contributed by atoms with van der Waals surface area (Å²) in [7, 11) is 1.95. The molecule has 3 nitrogen and oxygen atoms in total. The van der Waals surface area contributed by atoms with E-state index >= 15 is 0 Å². The van der Waals surface area contributed by atoms with Crippen LogP contribution in [0.1, 0.15) is 37.8 Å². The van der Waals surface area contributed by atoms with Gasteiger partial charge in [0.2, 0.25) is 5.91 Å². The van der Waals surface area contributed by atoms with Crippen molar-refractivity contribution in [2.75, 3.05) is 25.5 Å². The normalized spacial score (nSPS) is 11.1. The van der Waals surface area contributed by atoms with Crippen molar-refractivity contribution in [3.63, 3.8) is 0 Å². The Morgan fingerprint density at radius 1 is 1.39 bits per heavy atom. The maximum atomic E-state index is 12.0. The quantitative estimate of drug-likeness (QED) is 0.868. The molecule has 0 saturated heterocycles. The third kappa shape index (κ3) is 3.84. The summed E-state index contributed by atoms with van der Waals surface area (Å²) in [5.41, 5.74) is 3.29. The molecule has 0 saturated carbocycles. The summed E-state index contributed by atoms with van der Waals surface area (Å²) in [5, 5.41) is 3.04. The smallest absolute Gasteiger partial charge is 0.238 e. The number of rotatable bonds is 5. The zero-order valence-corrected chi connectivity index (χ0v) is 12.1. The van der Waals surface area contributed by atoms with Crippen LogP contribution in [-0.4, -0.2) is 30.9 Å². The van der Waals surface area contributed by atoms with Crippen LogP contribution in [0, 0.1) is 6.92 Å². The maximum absolute atomic E-state index is 12.0. The Bertz CT molecular complexity index is 413. The Labute approximate surface area is 110 Å². The summed E-state index contributed by atoms with van der Waals surface area (Å²) in [5.74, 6) is 0.458. The van der Waals surface area contributed by atoms with E-state index < -0.39 is 0 Å². The lowest BCUT2D eigenvalue weighted by Gasteiger charge is -2.18. The SMILES string of the molecule is CCN(C)CC(=O)Nc1c(C)cccc1C(C)C. The molecule has 100 valence electrons. The zero-order chi connectivity index (χ0) is 13.7. The van der Waals surface area contributed by atoms with Gasteiger partial charge < -0.3 is 5.32 Å². The molecule has 1 amide bonds. The van der Waals surface area contributed by atoms with E-state index in [1.54, 1.807) is 0 Å². The van der Waals surface area contributed by atoms with Gasteiger partial charge in [0.15, 0.2) is 0 Å². The Morgan fingerprint density at radius 3 is 2.61 bits per heavy atom. The highest BCUT2D eigenvalue weighted by Crippen LogP contribution is 2.27. The van der Waals surface area contributed by atoms with E-state index in [0.717, 1.165) is 17.8 Å². The Hall–Kier alpha value is -1.35. The van der Waals surface area contributed by atoms with Crippen molar-refractivity contribution in [3.8, 4) is 0 Å². The van der Waals surface area contributed by atoms with Gasteiger partial charge in [-0.15, -0.1) is 0 Å². The fraction of sp³-hybridized carbons (Fsp3) is 0.533. The fourth-order valence-corrected chi connectivity index (χ4v) is 1.88. The van der Waals surface area contributed by atoms with Crippen molar-refractivity contribution in [1.82, 2.24) is 4.90 Å². The molecule has 0 bridgehead atoms. The van der Waals surface area contributed by atoms with E-state index in [2.05, 4.69) is 25.2 Å². The number of carbonyl (C=O) groups is 1. The predicted molar refractivity (Wildman–Crippen MR) is 77.1 cm³/mol. The Balaban J connectivity index is 2.86. The van der Waals surface area contributed by atoms with Crippen molar-refractivity contribution in [3.05, 3.63) is 29.3 Å². The highest BCUT2D eigenvalue weighted by atomic mass is 16.2. The number of aryl methyl sites for hydroxylation is 1. The first-order valence-corrected chi connectivity index (χ1v) is 6.53. The summed E-state index contributed by atoms with van der Waals surface area (Å²) >= 11 is 0. The van der Waals surface area contributed by atoms with Gasteiger partial charge in [-0.1, -0.05) is 39.0 Å². The summed E-state index contributed by atoms with van der Waals surface area (Å²) in [4.78, 5) is 13.9. The molecular weight excluding hydrogens is 224 g/mol. The number of carbonyl (C=O) groups excluding carboxylic acids is 1. The number of nitrogens with one attached hydrogen (secondary N) is 1. The van der Waals surface area contributed by atoms with Crippen molar-refractivity contribution >= 4 is 11.6 Å². The minimum atomic E-state index is 0.0514. The van der Waals surface area contributed by atoms with Crippen molar-refractivity contribution < 1.29 is 4.79 Å². The molecule has 1 aromatic rings. The lowest BCUT2D eigenvalue weighted by atomic mass is 9.98. The molecule has 1 aromatic carbocycles. The third-order valence-electron chi connectivity index (χ3n) is 3.14. The predicted octanol–water partition coefficient (Wildman–Crippen LogP) is 3.01. The molecule has 0 aliphatic carbocycles.